The zero-order chi connectivity index (χ0) is 15.2. The lowest BCUT2D eigenvalue weighted by Gasteiger charge is -2.09. The van der Waals surface area contributed by atoms with Gasteiger partial charge in [0, 0.05) is 12.1 Å². The van der Waals surface area contributed by atoms with Gasteiger partial charge in [-0.15, -0.1) is 0 Å². The highest BCUT2D eigenvalue weighted by Crippen LogP contribution is 2.16. The molecule has 2 aromatic rings. The molecule has 0 heterocycles. The first-order valence-electron chi connectivity index (χ1n) is 6.76. The molecular formula is C17H18FNO2. The number of hydrogen-bond donors (Lipinski definition) is 1. The molecule has 0 saturated heterocycles. The SMILES string of the molecule is Cc1cc(C)cc(OCC(=O)NCc2ccccc2F)c1. The van der Waals surface area contributed by atoms with E-state index in [0.29, 0.717) is 11.3 Å². The van der Waals surface area contributed by atoms with Crippen LogP contribution < -0.4 is 10.1 Å². The van der Waals surface area contributed by atoms with E-state index >= 15 is 0 Å². The van der Waals surface area contributed by atoms with Crippen LogP contribution in [0.25, 0.3) is 0 Å². The number of halogens is 1. The van der Waals surface area contributed by atoms with Crippen molar-refractivity contribution in [3.8, 4) is 5.75 Å². The highest BCUT2D eigenvalue weighted by molar-refractivity contribution is 5.77. The summed E-state index contributed by atoms with van der Waals surface area (Å²) in [6, 6.07) is 12.1. The third kappa shape index (κ3) is 4.60. The van der Waals surface area contributed by atoms with E-state index in [9.17, 15) is 9.18 Å². The lowest BCUT2D eigenvalue weighted by molar-refractivity contribution is -0.123. The van der Waals surface area contributed by atoms with Crippen LogP contribution in [-0.4, -0.2) is 12.5 Å². The topological polar surface area (TPSA) is 38.3 Å². The van der Waals surface area contributed by atoms with Crippen LogP contribution in [0.5, 0.6) is 5.75 Å². The second-order valence-electron chi connectivity index (χ2n) is 4.98. The van der Waals surface area contributed by atoms with Crippen molar-refractivity contribution in [1.82, 2.24) is 5.32 Å². The molecule has 2 rings (SSSR count). The first kappa shape index (κ1) is 15.0. The fraction of sp³-hybridized carbons (Fsp3) is 0.235. The predicted molar refractivity (Wildman–Crippen MR) is 79.7 cm³/mol. The smallest absolute Gasteiger partial charge is 0.258 e. The fourth-order valence-corrected chi connectivity index (χ4v) is 2.05. The molecule has 0 radical (unpaired) electrons. The normalized spacial score (nSPS) is 10.2. The number of hydrogen-bond acceptors (Lipinski definition) is 2. The van der Waals surface area contributed by atoms with Crippen LogP contribution in [-0.2, 0) is 11.3 Å². The van der Waals surface area contributed by atoms with Crippen LogP contribution in [0.3, 0.4) is 0 Å². The summed E-state index contributed by atoms with van der Waals surface area (Å²) in [5, 5.41) is 2.64. The largest absolute Gasteiger partial charge is 0.484 e. The number of benzene rings is 2. The van der Waals surface area contributed by atoms with E-state index < -0.39 is 0 Å². The molecule has 110 valence electrons. The summed E-state index contributed by atoms with van der Waals surface area (Å²) in [5.74, 6) is 0.0546. The lowest BCUT2D eigenvalue weighted by Crippen LogP contribution is -2.28. The van der Waals surface area contributed by atoms with E-state index in [2.05, 4.69) is 5.32 Å². The summed E-state index contributed by atoms with van der Waals surface area (Å²) in [5.41, 5.74) is 2.62. The Hall–Kier alpha value is -2.36. The molecule has 1 N–H and O–H groups in total. The third-order valence-electron chi connectivity index (χ3n) is 3.00. The van der Waals surface area contributed by atoms with Crippen molar-refractivity contribution in [2.75, 3.05) is 6.61 Å². The Morgan fingerprint density at radius 2 is 1.81 bits per heavy atom. The zero-order valence-electron chi connectivity index (χ0n) is 12.2. The molecule has 21 heavy (non-hydrogen) atoms. The number of aryl methyl sites for hydroxylation is 2. The summed E-state index contributed by atoms with van der Waals surface area (Å²) < 4.78 is 18.8. The maximum absolute atomic E-state index is 13.4. The molecule has 4 heteroatoms. The monoisotopic (exact) mass is 287 g/mol. The number of carbonyl (C=O) groups is 1. The number of nitrogens with one attached hydrogen (secondary N) is 1. The molecule has 0 atom stereocenters. The zero-order valence-corrected chi connectivity index (χ0v) is 12.2. The van der Waals surface area contributed by atoms with Crippen molar-refractivity contribution in [3.63, 3.8) is 0 Å². The number of rotatable bonds is 5. The van der Waals surface area contributed by atoms with Crippen LogP contribution in [0.2, 0.25) is 0 Å². The molecule has 0 aliphatic carbocycles. The Balaban J connectivity index is 1.84. The number of amides is 1. The first-order chi connectivity index (χ1) is 10.0. The molecule has 2 aromatic carbocycles. The molecule has 0 aromatic heterocycles. The highest BCUT2D eigenvalue weighted by Gasteiger charge is 2.06. The summed E-state index contributed by atoms with van der Waals surface area (Å²) in [7, 11) is 0. The van der Waals surface area contributed by atoms with Gasteiger partial charge in [-0.05, 0) is 43.2 Å². The van der Waals surface area contributed by atoms with Gasteiger partial charge in [-0.2, -0.15) is 0 Å². The van der Waals surface area contributed by atoms with Gasteiger partial charge in [0.2, 0.25) is 0 Å². The van der Waals surface area contributed by atoms with Gasteiger partial charge >= 0.3 is 0 Å². The van der Waals surface area contributed by atoms with Crippen LogP contribution in [0.15, 0.2) is 42.5 Å². The van der Waals surface area contributed by atoms with Gasteiger partial charge in [-0.3, -0.25) is 4.79 Å². The van der Waals surface area contributed by atoms with Gasteiger partial charge in [0.15, 0.2) is 6.61 Å². The molecule has 0 fully saturated rings. The molecule has 3 nitrogen and oxygen atoms in total. The van der Waals surface area contributed by atoms with Crippen LogP contribution in [0, 0.1) is 19.7 Å². The van der Waals surface area contributed by atoms with Gasteiger partial charge in [-0.25, -0.2) is 4.39 Å². The standard InChI is InChI=1S/C17H18FNO2/c1-12-7-13(2)9-15(8-12)21-11-17(20)19-10-14-5-3-4-6-16(14)18/h3-9H,10-11H2,1-2H3,(H,19,20). The van der Waals surface area contributed by atoms with E-state index in [0.717, 1.165) is 11.1 Å². The first-order valence-corrected chi connectivity index (χ1v) is 6.76. The van der Waals surface area contributed by atoms with Crippen molar-refractivity contribution in [2.45, 2.75) is 20.4 Å². The minimum atomic E-state index is -0.326. The quantitative estimate of drug-likeness (QED) is 0.917. The Kier molecular flexibility index (Phi) is 4.93. The van der Waals surface area contributed by atoms with Crippen LogP contribution in [0.1, 0.15) is 16.7 Å². The van der Waals surface area contributed by atoms with Crippen molar-refractivity contribution in [3.05, 3.63) is 65.0 Å². The summed E-state index contributed by atoms with van der Waals surface area (Å²) in [4.78, 5) is 11.7. The maximum Gasteiger partial charge on any atom is 0.258 e. The molecule has 0 spiro atoms. The van der Waals surface area contributed by atoms with Gasteiger partial charge in [0.25, 0.3) is 5.91 Å². The van der Waals surface area contributed by atoms with Gasteiger partial charge in [0.05, 0.1) is 0 Å². The number of ether oxygens (including phenoxy) is 1. The van der Waals surface area contributed by atoms with E-state index in [1.165, 1.54) is 6.07 Å². The average molecular weight is 287 g/mol. The Morgan fingerprint density at radius 1 is 1.14 bits per heavy atom. The molecule has 0 saturated carbocycles. The van der Waals surface area contributed by atoms with E-state index in [4.69, 9.17) is 4.74 Å². The van der Waals surface area contributed by atoms with E-state index in [1.807, 2.05) is 32.0 Å². The van der Waals surface area contributed by atoms with Gasteiger partial charge < -0.3 is 10.1 Å². The molecule has 0 aliphatic heterocycles. The van der Waals surface area contributed by atoms with E-state index in [-0.39, 0.29) is 24.9 Å². The maximum atomic E-state index is 13.4. The van der Waals surface area contributed by atoms with Crippen molar-refractivity contribution in [2.24, 2.45) is 0 Å². The molecule has 1 amide bonds. The van der Waals surface area contributed by atoms with Crippen molar-refractivity contribution in [1.29, 1.82) is 0 Å². The Labute approximate surface area is 123 Å². The van der Waals surface area contributed by atoms with Gasteiger partial charge in [0.1, 0.15) is 11.6 Å². The Bertz CT molecular complexity index is 620. The third-order valence-corrected chi connectivity index (χ3v) is 3.00. The minimum absolute atomic E-state index is 0.0860. The second kappa shape index (κ2) is 6.88. The summed E-state index contributed by atoms with van der Waals surface area (Å²) in [6.07, 6.45) is 0. The van der Waals surface area contributed by atoms with Crippen molar-refractivity contribution < 1.29 is 13.9 Å². The van der Waals surface area contributed by atoms with Crippen molar-refractivity contribution >= 4 is 5.91 Å². The number of carbonyl (C=O) groups excluding carboxylic acids is 1. The van der Waals surface area contributed by atoms with Crippen LogP contribution >= 0.6 is 0 Å². The Morgan fingerprint density at radius 3 is 2.48 bits per heavy atom. The molecule has 0 aliphatic rings. The summed E-state index contributed by atoms with van der Waals surface area (Å²) >= 11 is 0. The minimum Gasteiger partial charge on any atom is -0.484 e. The second-order valence-corrected chi connectivity index (χ2v) is 4.98. The highest BCUT2D eigenvalue weighted by atomic mass is 19.1. The average Bonchev–Trinajstić information content (AvgIpc) is 2.43. The lowest BCUT2D eigenvalue weighted by atomic mass is 10.1. The van der Waals surface area contributed by atoms with Gasteiger partial charge in [-0.1, -0.05) is 24.3 Å². The summed E-state index contributed by atoms with van der Waals surface area (Å²) in [6.45, 7) is 4.01. The van der Waals surface area contributed by atoms with E-state index in [1.54, 1.807) is 18.2 Å². The molecule has 0 unspecified atom stereocenters. The van der Waals surface area contributed by atoms with Crippen LogP contribution in [0.4, 0.5) is 4.39 Å². The fourth-order valence-electron chi connectivity index (χ4n) is 2.05. The predicted octanol–water partition coefficient (Wildman–Crippen LogP) is 3.14. The molecule has 0 bridgehead atoms. The molecular weight excluding hydrogens is 269 g/mol.